The first-order chi connectivity index (χ1) is 7.65. The van der Waals surface area contributed by atoms with E-state index >= 15 is 0 Å². The van der Waals surface area contributed by atoms with Gasteiger partial charge >= 0.3 is 0 Å². The Hall–Kier alpha value is -2.02. The molecule has 3 N–H and O–H groups in total. The molecule has 0 saturated heterocycles. The molecular weight excluding hydrogens is 226 g/mol. The molecule has 0 aromatic carbocycles. The summed E-state index contributed by atoms with van der Waals surface area (Å²) < 4.78 is 5.33. The zero-order chi connectivity index (χ0) is 11.5. The number of aromatic nitrogens is 4. The molecule has 2 rings (SSSR count). The summed E-state index contributed by atoms with van der Waals surface area (Å²) in [4.78, 5) is 8.19. The van der Waals surface area contributed by atoms with Gasteiger partial charge in [-0.15, -0.1) is 5.10 Å². The monoisotopic (exact) mass is 235 g/mol. The van der Waals surface area contributed by atoms with Crippen molar-refractivity contribution in [3.05, 3.63) is 29.8 Å². The molecule has 0 aliphatic heterocycles. The Bertz CT molecular complexity index is 507. The molecule has 2 aromatic rings. The van der Waals surface area contributed by atoms with Crippen molar-refractivity contribution in [3.63, 3.8) is 0 Å². The van der Waals surface area contributed by atoms with Gasteiger partial charge in [-0.1, -0.05) is 12.2 Å². The molecule has 16 heavy (non-hydrogen) atoms. The van der Waals surface area contributed by atoms with Crippen LogP contribution in [-0.2, 0) is 0 Å². The Labute approximate surface area is 96.9 Å². The number of hydrogen-bond acceptors (Lipinski definition) is 5. The van der Waals surface area contributed by atoms with Crippen molar-refractivity contribution in [1.82, 2.24) is 20.2 Å². The van der Waals surface area contributed by atoms with E-state index in [9.17, 15) is 0 Å². The maximum absolute atomic E-state index is 5.39. The first-order valence-electron chi connectivity index (χ1n) is 4.47. The minimum Gasteiger partial charge on any atom is -0.417 e. The van der Waals surface area contributed by atoms with E-state index in [0.29, 0.717) is 17.5 Å². The van der Waals surface area contributed by atoms with Crippen LogP contribution >= 0.6 is 12.2 Å². The lowest BCUT2D eigenvalue weighted by atomic mass is 10.4. The predicted molar refractivity (Wildman–Crippen MR) is 61.3 cm³/mol. The zero-order valence-electron chi connectivity index (χ0n) is 8.47. The number of hydrogen-bond donors (Lipinski definition) is 2. The highest BCUT2D eigenvalue weighted by Crippen LogP contribution is 2.15. The van der Waals surface area contributed by atoms with E-state index in [4.69, 9.17) is 22.7 Å². The van der Waals surface area contributed by atoms with Crippen LogP contribution in [0.3, 0.4) is 0 Å². The summed E-state index contributed by atoms with van der Waals surface area (Å²) in [7, 11) is 0. The number of thiocarbonyl (C=S) groups is 1. The minimum atomic E-state index is 0.203. The first kappa shape index (κ1) is 10.5. The second-order valence-corrected chi connectivity index (χ2v) is 3.54. The lowest BCUT2D eigenvalue weighted by Gasteiger charge is -2.00. The predicted octanol–water partition coefficient (Wildman–Crippen LogP) is 0.935. The summed E-state index contributed by atoms with van der Waals surface area (Å²) in [5.41, 5.74) is 6.75. The van der Waals surface area contributed by atoms with Gasteiger partial charge in [-0.3, -0.25) is 5.10 Å². The van der Waals surface area contributed by atoms with Gasteiger partial charge in [-0.05, 0) is 6.92 Å². The van der Waals surface area contributed by atoms with Crippen LogP contribution in [0.2, 0.25) is 0 Å². The van der Waals surface area contributed by atoms with Crippen LogP contribution in [0.15, 0.2) is 18.5 Å². The molecule has 0 unspecified atom stereocenters. The number of H-pyrrole nitrogens is 1. The van der Waals surface area contributed by atoms with Gasteiger partial charge in [0.15, 0.2) is 0 Å². The Balaban J connectivity index is 2.14. The number of nitrogens with two attached hydrogens (primary N) is 1. The lowest BCUT2D eigenvalue weighted by Crippen LogP contribution is -2.11. The summed E-state index contributed by atoms with van der Waals surface area (Å²) in [6.45, 7) is 1.88. The maximum atomic E-state index is 5.39. The molecule has 0 radical (unpaired) electrons. The van der Waals surface area contributed by atoms with Crippen molar-refractivity contribution in [2.24, 2.45) is 5.73 Å². The molecule has 6 nitrogen and oxygen atoms in total. The van der Waals surface area contributed by atoms with Gasteiger partial charge < -0.3 is 10.5 Å². The smallest absolute Gasteiger partial charge is 0.240 e. The summed E-state index contributed by atoms with van der Waals surface area (Å²) in [6.07, 6.45) is 2.90. The minimum absolute atomic E-state index is 0.203. The van der Waals surface area contributed by atoms with Crippen molar-refractivity contribution in [1.29, 1.82) is 0 Å². The van der Waals surface area contributed by atoms with Crippen molar-refractivity contribution in [2.75, 3.05) is 0 Å². The second kappa shape index (κ2) is 4.23. The van der Waals surface area contributed by atoms with E-state index < -0.39 is 0 Å². The van der Waals surface area contributed by atoms with Crippen molar-refractivity contribution < 1.29 is 4.74 Å². The molecule has 0 saturated carbocycles. The van der Waals surface area contributed by atoms with Crippen LogP contribution in [0.25, 0.3) is 0 Å². The molecule has 2 aromatic heterocycles. The number of rotatable bonds is 3. The summed E-state index contributed by atoms with van der Waals surface area (Å²) in [6, 6.07) is 1.75. The van der Waals surface area contributed by atoms with Gasteiger partial charge in [0, 0.05) is 11.8 Å². The van der Waals surface area contributed by atoms with Crippen molar-refractivity contribution >= 4 is 17.2 Å². The third-order valence-electron chi connectivity index (χ3n) is 1.77. The SMILES string of the molecule is Cc1cc(Oc2cnc(C(N)=S)cn2)n[nH]1. The molecule has 82 valence electrons. The average molecular weight is 235 g/mol. The Kier molecular flexibility index (Phi) is 2.78. The highest BCUT2D eigenvalue weighted by molar-refractivity contribution is 7.80. The highest BCUT2D eigenvalue weighted by Gasteiger charge is 2.04. The van der Waals surface area contributed by atoms with E-state index in [1.165, 1.54) is 12.4 Å². The summed E-state index contributed by atoms with van der Waals surface area (Å²) in [5, 5.41) is 6.66. The fourth-order valence-corrected chi connectivity index (χ4v) is 1.15. The quantitative estimate of drug-likeness (QED) is 0.769. The normalized spacial score (nSPS) is 10.1. The Morgan fingerprint density at radius 1 is 1.38 bits per heavy atom. The second-order valence-electron chi connectivity index (χ2n) is 3.10. The standard InChI is InChI=1S/C9H9N5OS/c1-5-2-7(14-13-5)15-8-4-11-6(3-12-8)9(10)16/h2-4H,1H3,(H2,10,16)(H,13,14). The van der Waals surface area contributed by atoms with Gasteiger partial charge in [0.1, 0.15) is 10.7 Å². The average Bonchev–Trinajstić information content (AvgIpc) is 2.65. The molecule has 7 heteroatoms. The Morgan fingerprint density at radius 3 is 2.69 bits per heavy atom. The van der Waals surface area contributed by atoms with E-state index in [1.54, 1.807) is 6.07 Å². The molecule has 0 bridgehead atoms. The lowest BCUT2D eigenvalue weighted by molar-refractivity contribution is 0.441. The maximum Gasteiger partial charge on any atom is 0.240 e. The molecule has 0 spiro atoms. The number of ether oxygens (including phenoxy) is 1. The third-order valence-corrected chi connectivity index (χ3v) is 1.98. The van der Waals surface area contributed by atoms with Crippen molar-refractivity contribution in [2.45, 2.75) is 6.92 Å². The number of nitrogens with one attached hydrogen (secondary N) is 1. The molecule has 0 atom stereocenters. The zero-order valence-corrected chi connectivity index (χ0v) is 9.28. The van der Waals surface area contributed by atoms with Crippen LogP contribution in [0, 0.1) is 6.92 Å². The van der Waals surface area contributed by atoms with Gasteiger partial charge in [-0.25, -0.2) is 9.97 Å². The van der Waals surface area contributed by atoms with E-state index in [2.05, 4.69) is 20.2 Å². The van der Waals surface area contributed by atoms with Crippen LogP contribution in [0.4, 0.5) is 0 Å². The molecular formula is C9H9N5OS. The molecule has 0 aliphatic rings. The van der Waals surface area contributed by atoms with Crippen LogP contribution < -0.4 is 10.5 Å². The fraction of sp³-hybridized carbons (Fsp3) is 0.111. The summed E-state index contributed by atoms with van der Waals surface area (Å²) >= 11 is 4.76. The first-order valence-corrected chi connectivity index (χ1v) is 4.87. The van der Waals surface area contributed by atoms with Crippen LogP contribution in [-0.4, -0.2) is 25.2 Å². The molecule has 0 fully saturated rings. The highest BCUT2D eigenvalue weighted by atomic mass is 32.1. The van der Waals surface area contributed by atoms with Crippen molar-refractivity contribution in [3.8, 4) is 11.8 Å². The number of nitrogens with zero attached hydrogens (tertiary/aromatic N) is 3. The fourth-order valence-electron chi connectivity index (χ4n) is 1.05. The van der Waals surface area contributed by atoms with Gasteiger partial charge in [0.05, 0.1) is 12.4 Å². The van der Waals surface area contributed by atoms with Gasteiger partial charge in [0.25, 0.3) is 0 Å². The molecule has 0 amide bonds. The molecule has 2 heterocycles. The number of aromatic amines is 1. The Morgan fingerprint density at radius 2 is 2.19 bits per heavy atom. The number of aryl methyl sites for hydroxylation is 1. The van der Waals surface area contributed by atoms with Gasteiger partial charge in [-0.2, -0.15) is 0 Å². The molecule has 0 aliphatic carbocycles. The topological polar surface area (TPSA) is 89.7 Å². The summed E-state index contributed by atoms with van der Waals surface area (Å²) in [5.74, 6) is 0.779. The van der Waals surface area contributed by atoms with Crippen LogP contribution in [0.1, 0.15) is 11.4 Å². The third kappa shape index (κ3) is 2.31. The van der Waals surface area contributed by atoms with E-state index in [1.807, 2.05) is 6.92 Å². The van der Waals surface area contributed by atoms with E-state index in [-0.39, 0.29) is 4.99 Å². The largest absolute Gasteiger partial charge is 0.417 e. The van der Waals surface area contributed by atoms with E-state index in [0.717, 1.165) is 5.69 Å². The van der Waals surface area contributed by atoms with Crippen LogP contribution in [0.5, 0.6) is 11.8 Å². The van der Waals surface area contributed by atoms with Gasteiger partial charge in [0.2, 0.25) is 11.8 Å².